The lowest BCUT2D eigenvalue weighted by molar-refractivity contribution is 0.557. The van der Waals surface area contributed by atoms with Gasteiger partial charge in [0, 0.05) is 26.0 Å². The number of imidazole rings is 1. The Kier molecular flexibility index (Phi) is 2.00. The summed E-state index contributed by atoms with van der Waals surface area (Å²) >= 11 is 0. The Morgan fingerprint density at radius 2 is 2.54 bits per heavy atom. The van der Waals surface area contributed by atoms with Gasteiger partial charge in [0.2, 0.25) is 5.95 Å². The van der Waals surface area contributed by atoms with Crippen LogP contribution in [0.25, 0.3) is 0 Å². The Morgan fingerprint density at radius 1 is 1.69 bits per heavy atom. The van der Waals surface area contributed by atoms with Crippen molar-refractivity contribution < 1.29 is 0 Å². The number of aryl methyl sites for hydroxylation is 1. The number of hydrogen-bond donors (Lipinski definition) is 2. The number of aromatic nitrogens is 2. The summed E-state index contributed by atoms with van der Waals surface area (Å²) in [6.07, 6.45) is 4.92. The maximum Gasteiger partial charge on any atom is 0.202 e. The van der Waals surface area contributed by atoms with E-state index < -0.39 is 0 Å². The molecular formula is C9H16N4. The van der Waals surface area contributed by atoms with Crippen molar-refractivity contribution in [1.29, 1.82) is 0 Å². The standard InChI is InChI=1S/C9H16N4/c1-9(3-4-10-7-9)12-8-11-5-6-13(8)2/h5-6,10H,3-4,7H2,1-2H3,(H,11,12). The molecule has 0 aliphatic carbocycles. The SMILES string of the molecule is Cn1ccnc1NC1(C)CCNC1. The molecule has 1 fully saturated rings. The monoisotopic (exact) mass is 180 g/mol. The second-order valence-electron chi connectivity index (χ2n) is 3.97. The first-order chi connectivity index (χ1) is 6.20. The highest BCUT2D eigenvalue weighted by Gasteiger charge is 2.28. The molecule has 0 amide bonds. The second kappa shape index (κ2) is 3.03. The summed E-state index contributed by atoms with van der Waals surface area (Å²) in [6, 6.07) is 0. The van der Waals surface area contributed by atoms with Crippen LogP contribution in [-0.2, 0) is 7.05 Å². The average molecular weight is 180 g/mol. The van der Waals surface area contributed by atoms with Crippen molar-refractivity contribution in [2.75, 3.05) is 18.4 Å². The summed E-state index contributed by atoms with van der Waals surface area (Å²) in [5.74, 6) is 0.950. The van der Waals surface area contributed by atoms with E-state index in [0.29, 0.717) is 0 Å². The van der Waals surface area contributed by atoms with E-state index in [2.05, 4.69) is 22.5 Å². The van der Waals surface area contributed by atoms with Gasteiger partial charge in [-0.3, -0.25) is 0 Å². The molecule has 1 aliphatic heterocycles. The van der Waals surface area contributed by atoms with E-state index in [4.69, 9.17) is 0 Å². The number of rotatable bonds is 2. The number of nitrogens with one attached hydrogen (secondary N) is 2. The molecule has 2 rings (SSSR count). The van der Waals surface area contributed by atoms with Crippen molar-refractivity contribution in [2.24, 2.45) is 7.05 Å². The molecule has 1 aliphatic rings. The number of nitrogens with zero attached hydrogens (tertiary/aromatic N) is 2. The molecule has 1 aromatic rings. The predicted octanol–water partition coefficient (Wildman–Crippen LogP) is 0.584. The Bertz CT molecular complexity index is 286. The van der Waals surface area contributed by atoms with Gasteiger partial charge in [-0.15, -0.1) is 0 Å². The third kappa shape index (κ3) is 1.67. The first kappa shape index (κ1) is 8.56. The van der Waals surface area contributed by atoms with Crippen LogP contribution in [0.2, 0.25) is 0 Å². The molecule has 4 nitrogen and oxygen atoms in total. The Balaban J connectivity index is 2.09. The van der Waals surface area contributed by atoms with Gasteiger partial charge in [-0.25, -0.2) is 4.98 Å². The fraction of sp³-hybridized carbons (Fsp3) is 0.667. The summed E-state index contributed by atoms with van der Waals surface area (Å²) in [5.41, 5.74) is 0.166. The highest BCUT2D eigenvalue weighted by molar-refractivity contribution is 5.31. The molecule has 1 atom stereocenters. The third-order valence-electron chi connectivity index (χ3n) is 2.60. The first-order valence-corrected chi connectivity index (χ1v) is 4.66. The molecule has 1 unspecified atom stereocenters. The topological polar surface area (TPSA) is 41.9 Å². The highest BCUT2D eigenvalue weighted by atomic mass is 15.2. The predicted molar refractivity (Wildman–Crippen MR) is 52.7 cm³/mol. The molecule has 4 heteroatoms. The van der Waals surface area contributed by atoms with Crippen LogP contribution >= 0.6 is 0 Å². The second-order valence-corrected chi connectivity index (χ2v) is 3.97. The van der Waals surface area contributed by atoms with Crippen LogP contribution in [0.15, 0.2) is 12.4 Å². The summed E-state index contributed by atoms with van der Waals surface area (Å²) < 4.78 is 2.00. The molecule has 0 radical (unpaired) electrons. The lowest BCUT2D eigenvalue weighted by Gasteiger charge is -2.24. The van der Waals surface area contributed by atoms with Crippen molar-refractivity contribution in [3.8, 4) is 0 Å². The molecule has 0 aromatic carbocycles. The Morgan fingerprint density at radius 3 is 3.08 bits per heavy atom. The van der Waals surface area contributed by atoms with Gasteiger partial charge in [0.1, 0.15) is 0 Å². The maximum atomic E-state index is 4.25. The quantitative estimate of drug-likeness (QED) is 0.699. The molecule has 2 heterocycles. The number of anilines is 1. The molecule has 0 saturated carbocycles. The van der Waals surface area contributed by atoms with Gasteiger partial charge in [0.15, 0.2) is 0 Å². The van der Waals surface area contributed by atoms with Gasteiger partial charge >= 0.3 is 0 Å². The number of hydrogen-bond acceptors (Lipinski definition) is 3. The van der Waals surface area contributed by atoms with Crippen LogP contribution < -0.4 is 10.6 Å². The summed E-state index contributed by atoms with van der Waals surface area (Å²) in [7, 11) is 2.00. The van der Waals surface area contributed by atoms with E-state index in [0.717, 1.165) is 25.5 Å². The molecule has 0 spiro atoms. The summed E-state index contributed by atoms with van der Waals surface area (Å²) in [6.45, 7) is 4.33. The van der Waals surface area contributed by atoms with E-state index in [1.54, 1.807) is 0 Å². The van der Waals surface area contributed by atoms with Crippen LogP contribution in [0.4, 0.5) is 5.95 Å². The van der Waals surface area contributed by atoms with Crippen molar-refractivity contribution in [1.82, 2.24) is 14.9 Å². The van der Waals surface area contributed by atoms with E-state index in [1.165, 1.54) is 0 Å². The molecule has 72 valence electrons. The van der Waals surface area contributed by atoms with E-state index >= 15 is 0 Å². The van der Waals surface area contributed by atoms with E-state index in [9.17, 15) is 0 Å². The molecule has 13 heavy (non-hydrogen) atoms. The summed E-state index contributed by atoms with van der Waals surface area (Å²) in [4.78, 5) is 4.25. The fourth-order valence-electron chi connectivity index (χ4n) is 1.68. The molecule has 1 aromatic heterocycles. The Labute approximate surface area is 78.4 Å². The third-order valence-corrected chi connectivity index (χ3v) is 2.60. The zero-order valence-corrected chi connectivity index (χ0v) is 8.17. The van der Waals surface area contributed by atoms with Gasteiger partial charge in [-0.05, 0) is 19.9 Å². The largest absolute Gasteiger partial charge is 0.349 e. The van der Waals surface area contributed by atoms with Crippen LogP contribution in [0.3, 0.4) is 0 Å². The molecule has 1 saturated heterocycles. The minimum atomic E-state index is 0.166. The van der Waals surface area contributed by atoms with E-state index in [1.807, 2.05) is 24.0 Å². The zero-order valence-electron chi connectivity index (χ0n) is 8.17. The van der Waals surface area contributed by atoms with Crippen LogP contribution in [0.1, 0.15) is 13.3 Å². The fourth-order valence-corrected chi connectivity index (χ4v) is 1.68. The summed E-state index contributed by atoms with van der Waals surface area (Å²) in [5, 5.41) is 6.80. The Hall–Kier alpha value is -1.03. The lowest BCUT2D eigenvalue weighted by Crippen LogP contribution is -2.37. The first-order valence-electron chi connectivity index (χ1n) is 4.66. The minimum Gasteiger partial charge on any atom is -0.349 e. The lowest BCUT2D eigenvalue weighted by atomic mass is 10.0. The van der Waals surface area contributed by atoms with Gasteiger partial charge in [0.05, 0.1) is 5.54 Å². The van der Waals surface area contributed by atoms with Crippen molar-refractivity contribution in [2.45, 2.75) is 18.9 Å². The average Bonchev–Trinajstić information content (AvgIpc) is 2.64. The molecular weight excluding hydrogens is 164 g/mol. The van der Waals surface area contributed by atoms with Gasteiger partial charge in [0.25, 0.3) is 0 Å². The van der Waals surface area contributed by atoms with Crippen molar-refractivity contribution >= 4 is 5.95 Å². The molecule has 2 N–H and O–H groups in total. The highest BCUT2D eigenvalue weighted by Crippen LogP contribution is 2.19. The van der Waals surface area contributed by atoms with E-state index in [-0.39, 0.29) is 5.54 Å². The van der Waals surface area contributed by atoms with Crippen LogP contribution in [-0.4, -0.2) is 28.2 Å². The smallest absolute Gasteiger partial charge is 0.202 e. The van der Waals surface area contributed by atoms with Gasteiger partial charge in [-0.1, -0.05) is 0 Å². The van der Waals surface area contributed by atoms with Gasteiger partial charge < -0.3 is 15.2 Å². The van der Waals surface area contributed by atoms with Gasteiger partial charge in [-0.2, -0.15) is 0 Å². The van der Waals surface area contributed by atoms with Crippen molar-refractivity contribution in [3.63, 3.8) is 0 Å². The molecule has 0 bridgehead atoms. The normalized spacial score (nSPS) is 27.8. The van der Waals surface area contributed by atoms with Crippen LogP contribution in [0.5, 0.6) is 0 Å². The minimum absolute atomic E-state index is 0.166. The maximum absolute atomic E-state index is 4.25. The zero-order chi connectivity index (χ0) is 9.31. The van der Waals surface area contributed by atoms with Crippen molar-refractivity contribution in [3.05, 3.63) is 12.4 Å². The van der Waals surface area contributed by atoms with Crippen LogP contribution in [0, 0.1) is 0 Å².